The highest BCUT2D eigenvalue weighted by Gasteiger charge is 2.29. The lowest BCUT2D eigenvalue weighted by Gasteiger charge is -2.32. The minimum atomic E-state index is -0.901. The Morgan fingerprint density at radius 3 is 2.42 bits per heavy atom. The number of nitrogens with one attached hydrogen (secondary N) is 1. The summed E-state index contributed by atoms with van der Waals surface area (Å²) < 4.78 is 0. The SMILES string of the molecule is CN(CC(=O)N1CCCC(C(=O)O)C1)C(=O)CNC(=O)C(C)(C)C. The van der Waals surface area contributed by atoms with Gasteiger partial charge < -0.3 is 20.2 Å². The van der Waals surface area contributed by atoms with Crippen molar-refractivity contribution < 1.29 is 24.3 Å². The predicted octanol–water partition coefficient (Wildman–Crippen LogP) is -0.0697. The van der Waals surface area contributed by atoms with Crippen molar-refractivity contribution in [3.63, 3.8) is 0 Å². The zero-order chi connectivity index (χ0) is 18.5. The molecule has 1 fully saturated rings. The molecule has 0 spiro atoms. The summed E-state index contributed by atoms with van der Waals surface area (Å²) in [6.07, 6.45) is 1.20. The smallest absolute Gasteiger partial charge is 0.308 e. The number of carboxylic acid groups (broad SMARTS) is 1. The molecular formula is C16H27N3O5. The maximum atomic E-state index is 12.2. The van der Waals surface area contributed by atoms with E-state index in [2.05, 4.69) is 5.32 Å². The van der Waals surface area contributed by atoms with Crippen LogP contribution in [0.2, 0.25) is 0 Å². The normalized spacial score (nSPS) is 18.0. The molecule has 24 heavy (non-hydrogen) atoms. The topological polar surface area (TPSA) is 107 Å². The molecule has 1 atom stereocenters. The van der Waals surface area contributed by atoms with Gasteiger partial charge in [-0.1, -0.05) is 20.8 Å². The van der Waals surface area contributed by atoms with E-state index in [0.717, 1.165) is 0 Å². The van der Waals surface area contributed by atoms with Crippen LogP contribution in [0, 0.1) is 11.3 Å². The van der Waals surface area contributed by atoms with Gasteiger partial charge in [-0.25, -0.2) is 0 Å². The van der Waals surface area contributed by atoms with E-state index in [1.54, 1.807) is 20.8 Å². The second kappa shape index (κ2) is 8.12. The Labute approximate surface area is 142 Å². The van der Waals surface area contributed by atoms with Crippen molar-refractivity contribution >= 4 is 23.7 Å². The standard InChI is InChI=1S/C16H27N3O5/c1-16(2,3)15(24)17-8-12(20)18(4)10-13(21)19-7-5-6-11(9-19)14(22)23/h11H,5-10H2,1-4H3,(H,17,24)(H,22,23). The molecule has 0 saturated carbocycles. The lowest BCUT2D eigenvalue weighted by atomic mass is 9.96. The highest BCUT2D eigenvalue weighted by molar-refractivity contribution is 5.89. The molecule has 0 radical (unpaired) electrons. The molecule has 136 valence electrons. The highest BCUT2D eigenvalue weighted by Crippen LogP contribution is 2.17. The van der Waals surface area contributed by atoms with Crippen LogP contribution in [0.4, 0.5) is 0 Å². The van der Waals surface area contributed by atoms with Crippen molar-refractivity contribution in [3.05, 3.63) is 0 Å². The minimum Gasteiger partial charge on any atom is -0.481 e. The molecule has 2 N–H and O–H groups in total. The first kappa shape index (κ1) is 19.9. The van der Waals surface area contributed by atoms with Gasteiger partial charge in [0, 0.05) is 25.6 Å². The monoisotopic (exact) mass is 341 g/mol. The van der Waals surface area contributed by atoms with Crippen molar-refractivity contribution in [2.45, 2.75) is 33.6 Å². The van der Waals surface area contributed by atoms with E-state index in [4.69, 9.17) is 5.11 Å². The zero-order valence-corrected chi connectivity index (χ0v) is 14.8. The summed E-state index contributed by atoms with van der Waals surface area (Å²) in [6, 6.07) is 0. The highest BCUT2D eigenvalue weighted by atomic mass is 16.4. The number of carbonyl (C=O) groups is 4. The molecule has 1 heterocycles. The Balaban J connectivity index is 2.47. The fourth-order valence-electron chi connectivity index (χ4n) is 2.35. The van der Waals surface area contributed by atoms with E-state index in [0.29, 0.717) is 19.4 Å². The number of carboxylic acids is 1. The zero-order valence-electron chi connectivity index (χ0n) is 14.8. The van der Waals surface area contributed by atoms with Crippen LogP contribution in [0.5, 0.6) is 0 Å². The van der Waals surface area contributed by atoms with Gasteiger partial charge in [0.05, 0.1) is 19.0 Å². The first-order valence-electron chi connectivity index (χ1n) is 8.05. The molecule has 0 aromatic heterocycles. The lowest BCUT2D eigenvalue weighted by molar-refractivity contribution is -0.147. The minimum absolute atomic E-state index is 0.128. The van der Waals surface area contributed by atoms with E-state index in [1.807, 2.05) is 0 Å². The van der Waals surface area contributed by atoms with Crippen molar-refractivity contribution in [3.8, 4) is 0 Å². The molecule has 0 aromatic rings. The third-order valence-electron chi connectivity index (χ3n) is 4.00. The number of rotatable bonds is 5. The summed E-state index contributed by atoms with van der Waals surface area (Å²) in [7, 11) is 1.49. The largest absolute Gasteiger partial charge is 0.481 e. The van der Waals surface area contributed by atoms with Crippen LogP contribution in [0.1, 0.15) is 33.6 Å². The van der Waals surface area contributed by atoms with Crippen molar-refractivity contribution in [2.75, 3.05) is 33.2 Å². The summed E-state index contributed by atoms with van der Waals surface area (Å²) in [5.74, 6) is -2.33. The first-order valence-corrected chi connectivity index (χ1v) is 8.05. The maximum absolute atomic E-state index is 12.2. The predicted molar refractivity (Wildman–Crippen MR) is 87.0 cm³/mol. The van der Waals surface area contributed by atoms with E-state index in [-0.39, 0.29) is 37.4 Å². The number of nitrogens with zero attached hydrogens (tertiary/aromatic N) is 2. The van der Waals surface area contributed by atoms with Crippen LogP contribution >= 0.6 is 0 Å². The molecule has 8 heteroatoms. The molecule has 1 aliphatic rings. The van der Waals surface area contributed by atoms with Crippen molar-refractivity contribution in [2.24, 2.45) is 11.3 Å². The van der Waals surface area contributed by atoms with Gasteiger partial charge in [-0.2, -0.15) is 0 Å². The summed E-state index contributed by atoms with van der Waals surface area (Å²) in [4.78, 5) is 49.8. The van der Waals surface area contributed by atoms with Gasteiger partial charge in [0.2, 0.25) is 17.7 Å². The Kier molecular flexibility index (Phi) is 6.74. The number of likely N-dealkylation sites (tertiary alicyclic amines) is 1. The number of aliphatic carboxylic acids is 1. The third-order valence-corrected chi connectivity index (χ3v) is 4.00. The second-order valence-corrected chi connectivity index (χ2v) is 7.20. The molecule has 8 nitrogen and oxygen atoms in total. The molecule has 0 bridgehead atoms. The van der Waals surface area contributed by atoms with Gasteiger partial charge in [-0.05, 0) is 12.8 Å². The second-order valence-electron chi connectivity index (χ2n) is 7.20. The number of piperidine rings is 1. The van der Waals surface area contributed by atoms with Gasteiger partial charge >= 0.3 is 5.97 Å². The molecule has 0 aliphatic carbocycles. The molecule has 1 rings (SSSR count). The van der Waals surface area contributed by atoms with Crippen LogP contribution in [0.25, 0.3) is 0 Å². The molecule has 1 unspecified atom stereocenters. The quantitative estimate of drug-likeness (QED) is 0.728. The summed E-state index contributed by atoms with van der Waals surface area (Å²) in [6.45, 7) is 5.62. The summed E-state index contributed by atoms with van der Waals surface area (Å²) >= 11 is 0. The fourth-order valence-corrected chi connectivity index (χ4v) is 2.35. The van der Waals surface area contributed by atoms with Gasteiger partial charge in [0.25, 0.3) is 0 Å². The average molecular weight is 341 g/mol. The van der Waals surface area contributed by atoms with Crippen LogP contribution in [-0.2, 0) is 19.2 Å². The average Bonchev–Trinajstić information content (AvgIpc) is 2.51. The number of likely N-dealkylation sites (N-methyl/N-ethyl adjacent to an activating group) is 1. The third kappa shape index (κ3) is 5.82. The van der Waals surface area contributed by atoms with E-state index < -0.39 is 17.3 Å². The molecule has 1 saturated heterocycles. The number of carbonyl (C=O) groups excluding carboxylic acids is 3. The van der Waals surface area contributed by atoms with Crippen LogP contribution in [0.15, 0.2) is 0 Å². The molecule has 1 aliphatic heterocycles. The summed E-state index contributed by atoms with van der Waals surface area (Å²) in [5, 5.41) is 11.6. The Bertz CT molecular complexity index is 512. The number of amides is 3. The lowest BCUT2D eigenvalue weighted by Crippen LogP contribution is -2.48. The van der Waals surface area contributed by atoms with Gasteiger partial charge in [0.1, 0.15) is 0 Å². The molecule has 0 aromatic carbocycles. The van der Waals surface area contributed by atoms with E-state index >= 15 is 0 Å². The van der Waals surface area contributed by atoms with Crippen LogP contribution in [0.3, 0.4) is 0 Å². The summed E-state index contributed by atoms with van der Waals surface area (Å²) in [5.41, 5.74) is -0.589. The number of hydrogen-bond acceptors (Lipinski definition) is 4. The first-order chi connectivity index (χ1) is 11.0. The van der Waals surface area contributed by atoms with Crippen LogP contribution < -0.4 is 5.32 Å². The van der Waals surface area contributed by atoms with Crippen molar-refractivity contribution in [1.82, 2.24) is 15.1 Å². The fraction of sp³-hybridized carbons (Fsp3) is 0.750. The molecular weight excluding hydrogens is 314 g/mol. The van der Waals surface area contributed by atoms with E-state index in [9.17, 15) is 19.2 Å². The Hall–Kier alpha value is -2.12. The Morgan fingerprint density at radius 2 is 1.88 bits per heavy atom. The Morgan fingerprint density at radius 1 is 1.25 bits per heavy atom. The molecule has 3 amide bonds. The van der Waals surface area contributed by atoms with E-state index in [1.165, 1.54) is 16.8 Å². The van der Waals surface area contributed by atoms with Gasteiger partial charge in [0.15, 0.2) is 0 Å². The van der Waals surface area contributed by atoms with Gasteiger partial charge in [-0.15, -0.1) is 0 Å². The number of hydrogen-bond donors (Lipinski definition) is 2. The maximum Gasteiger partial charge on any atom is 0.308 e. The van der Waals surface area contributed by atoms with Gasteiger partial charge in [-0.3, -0.25) is 19.2 Å². The van der Waals surface area contributed by atoms with Crippen LogP contribution in [-0.4, -0.2) is 71.8 Å². The van der Waals surface area contributed by atoms with Crippen molar-refractivity contribution in [1.29, 1.82) is 0 Å².